The number of unbranched alkanes of at least 4 members (excludes halogenated alkanes) is 4. The van der Waals surface area contributed by atoms with Crippen molar-refractivity contribution < 1.29 is 9.90 Å². The summed E-state index contributed by atoms with van der Waals surface area (Å²) in [5.74, 6) is -0.573. The van der Waals surface area contributed by atoms with Crippen molar-refractivity contribution in [1.82, 2.24) is 4.90 Å². The minimum Gasteiger partial charge on any atom is -0.481 e. The summed E-state index contributed by atoms with van der Waals surface area (Å²) in [5.41, 5.74) is -0.438. The van der Waals surface area contributed by atoms with Gasteiger partial charge in [0.25, 0.3) is 0 Å². The van der Waals surface area contributed by atoms with Gasteiger partial charge in [0, 0.05) is 6.04 Å². The van der Waals surface area contributed by atoms with E-state index >= 15 is 0 Å². The summed E-state index contributed by atoms with van der Waals surface area (Å²) >= 11 is 0. The SMILES string of the molecule is CCCCCCCC(C)N1CCC(CCC)(C(=O)O)CC1. The van der Waals surface area contributed by atoms with Crippen molar-refractivity contribution in [3.05, 3.63) is 0 Å². The Bertz CT molecular complexity index is 296. The Kier molecular flexibility index (Phi) is 8.31. The van der Waals surface area contributed by atoms with E-state index in [0.717, 1.165) is 38.8 Å². The summed E-state index contributed by atoms with van der Waals surface area (Å²) in [6.07, 6.45) is 11.4. The van der Waals surface area contributed by atoms with Crippen molar-refractivity contribution in [3.63, 3.8) is 0 Å². The number of hydrogen-bond donors (Lipinski definition) is 1. The molecule has 1 aliphatic heterocycles. The predicted octanol–water partition coefficient (Wildman–Crippen LogP) is 4.70. The molecule has 0 aromatic heterocycles. The van der Waals surface area contributed by atoms with E-state index in [4.69, 9.17) is 0 Å². The van der Waals surface area contributed by atoms with Crippen molar-refractivity contribution in [2.45, 2.75) is 91.0 Å². The molecule has 1 heterocycles. The first kappa shape index (κ1) is 18.5. The van der Waals surface area contributed by atoms with Gasteiger partial charge in [-0.25, -0.2) is 0 Å². The number of rotatable bonds is 10. The molecular weight excluding hydrogens is 262 g/mol. The lowest BCUT2D eigenvalue weighted by Gasteiger charge is -2.41. The van der Waals surface area contributed by atoms with Crippen LogP contribution in [0.3, 0.4) is 0 Å². The van der Waals surface area contributed by atoms with Gasteiger partial charge in [-0.3, -0.25) is 4.79 Å². The second-order valence-corrected chi connectivity index (χ2v) is 6.92. The first-order valence-electron chi connectivity index (χ1n) is 9.03. The maximum absolute atomic E-state index is 11.6. The lowest BCUT2D eigenvalue weighted by atomic mass is 9.74. The predicted molar refractivity (Wildman–Crippen MR) is 88.6 cm³/mol. The van der Waals surface area contributed by atoms with Gasteiger partial charge in [0.15, 0.2) is 0 Å². The normalized spacial score (nSPS) is 20.3. The van der Waals surface area contributed by atoms with Crippen LogP contribution in [0.1, 0.15) is 85.0 Å². The van der Waals surface area contributed by atoms with Crippen LogP contribution in [0.4, 0.5) is 0 Å². The van der Waals surface area contributed by atoms with Crippen LogP contribution in [-0.4, -0.2) is 35.1 Å². The zero-order chi connectivity index (χ0) is 15.7. The largest absolute Gasteiger partial charge is 0.481 e. The quantitative estimate of drug-likeness (QED) is 0.594. The monoisotopic (exact) mass is 297 g/mol. The van der Waals surface area contributed by atoms with E-state index < -0.39 is 11.4 Å². The molecule has 3 nitrogen and oxygen atoms in total. The number of carbonyl (C=O) groups is 1. The highest BCUT2D eigenvalue weighted by Gasteiger charge is 2.41. The zero-order valence-corrected chi connectivity index (χ0v) is 14.4. The number of hydrogen-bond acceptors (Lipinski definition) is 2. The molecule has 0 spiro atoms. The van der Waals surface area contributed by atoms with Crippen LogP contribution in [-0.2, 0) is 4.79 Å². The molecule has 0 radical (unpaired) electrons. The van der Waals surface area contributed by atoms with Gasteiger partial charge < -0.3 is 10.0 Å². The molecule has 1 unspecified atom stereocenters. The Hall–Kier alpha value is -0.570. The summed E-state index contributed by atoms with van der Waals surface area (Å²) in [6, 6.07) is 0.611. The second kappa shape index (κ2) is 9.45. The number of aliphatic carboxylic acids is 1. The molecule has 0 aromatic carbocycles. The molecule has 3 heteroatoms. The van der Waals surface area contributed by atoms with E-state index in [9.17, 15) is 9.90 Å². The van der Waals surface area contributed by atoms with Crippen LogP contribution >= 0.6 is 0 Å². The maximum Gasteiger partial charge on any atom is 0.309 e. The smallest absolute Gasteiger partial charge is 0.309 e. The first-order valence-corrected chi connectivity index (χ1v) is 9.03. The molecule has 124 valence electrons. The third kappa shape index (κ3) is 5.61. The maximum atomic E-state index is 11.6. The topological polar surface area (TPSA) is 40.5 Å². The summed E-state index contributed by atoms with van der Waals surface area (Å²) in [7, 11) is 0. The van der Waals surface area contributed by atoms with Gasteiger partial charge in [0.05, 0.1) is 5.41 Å². The molecule has 1 saturated heterocycles. The van der Waals surface area contributed by atoms with Crippen LogP contribution < -0.4 is 0 Å². The summed E-state index contributed by atoms with van der Waals surface area (Å²) < 4.78 is 0. The number of carboxylic acids is 1. The van der Waals surface area contributed by atoms with E-state index in [1.54, 1.807) is 0 Å². The highest BCUT2D eigenvalue weighted by atomic mass is 16.4. The van der Waals surface area contributed by atoms with Crippen LogP contribution in [0.15, 0.2) is 0 Å². The third-order valence-electron chi connectivity index (χ3n) is 5.29. The van der Waals surface area contributed by atoms with Crippen molar-refractivity contribution in [3.8, 4) is 0 Å². The Balaban J connectivity index is 2.32. The van der Waals surface area contributed by atoms with Crippen LogP contribution in [0.25, 0.3) is 0 Å². The minimum absolute atomic E-state index is 0.438. The van der Waals surface area contributed by atoms with Gasteiger partial charge >= 0.3 is 5.97 Å². The molecule has 1 aliphatic rings. The fraction of sp³-hybridized carbons (Fsp3) is 0.944. The van der Waals surface area contributed by atoms with E-state index in [-0.39, 0.29) is 0 Å². The fourth-order valence-corrected chi connectivity index (χ4v) is 3.67. The van der Waals surface area contributed by atoms with E-state index in [0.29, 0.717) is 6.04 Å². The van der Waals surface area contributed by atoms with Crippen LogP contribution in [0, 0.1) is 5.41 Å². The van der Waals surface area contributed by atoms with Gasteiger partial charge in [-0.2, -0.15) is 0 Å². The Labute approximate surface area is 131 Å². The molecule has 1 fully saturated rings. The van der Waals surface area contributed by atoms with E-state index in [2.05, 4.69) is 25.7 Å². The van der Waals surface area contributed by atoms with Crippen molar-refractivity contribution in [1.29, 1.82) is 0 Å². The van der Waals surface area contributed by atoms with Crippen molar-refractivity contribution in [2.75, 3.05) is 13.1 Å². The molecule has 1 atom stereocenters. The van der Waals surface area contributed by atoms with E-state index in [1.807, 2.05) is 0 Å². The highest BCUT2D eigenvalue weighted by Crippen LogP contribution is 2.37. The van der Waals surface area contributed by atoms with Gasteiger partial charge in [-0.15, -0.1) is 0 Å². The number of likely N-dealkylation sites (tertiary alicyclic amines) is 1. The molecule has 1 N–H and O–H groups in total. The fourth-order valence-electron chi connectivity index (χ4n) is 3.67. The molecule has 0 aliphatic carbocycles. The number of nitrogens with zero attached hydrogens (tertiary/aromatic N) is 1. The van der Waals surface area contributed by atoms with Gasteiger partial charge in [-0.1, -0.05) is 52.4 Å². The van der Waals surface area contributed by atoms with Gasteiger partial charge in [-0.05, 0) is 45.7 Å². The standard InChI is InChI=1S/C18H35NO2/c1-4-6-7-8-9-10-16(3)19-14-12-18(11-5-2,13-15-19)17(20)21/h16H,4-15H2,1-3H3,(H,20,21). The molecule has 21 heavy (non-hydrogen) atoms. The molecule has 1 rings (SSSR count). The number of carboxylic acid groups (broad SMARTS) is 1. The first-order chi connectivity index (χ1) is 10.1. The minimum atomic E-state index is -0.573. The average Bonchev–Trinajstić information content (AvgIpc) is 2.47. The Morgan fingerprint density at radius 3 is 2.24 bits per heavy atom. The Morgan fingerprint density at radius 2 is 1.71 bits per heavy atom. The molecule has 0 saturated carbocycles. The highest BCUT2D eigenvalue weighted by molar-refractivity contribution is 5.74. The van der Waals surface area contributed by atoms with Gasteiger partial charge in [0.1, 0.15) is 0 Å². The summed E-state index contributed by atoms with van der Waals surface area (Å²) in [5, 5.41) is 9.55. The summed E-state index contributed by atoms with van der Waals surface area (Å²) in [4.78, 5) is 14.1. The average molecular weight is 297 g/mol. The second-order valence-electron chi connectivity index (χ2n) is 6.92. The lowest BCUT2D eigenvalue weighted by molar-refractivity contribution is -0.153. The van der Waals surface area contributed by atoms with E-state index in [1.165, 1.54) is 38.5 Å². The van der Waals surface area contributed by atoms with Crippen LogP contribution in [0.5, 0.6) is 0 Å². The molecule has 0 aromatic rings. The molecular formula is C18H35NO2. The molecule has 0 amide bonds. The molecule has 0 bridgehead atoms. The Morgan fingerprint density at radius 1 is 1.10 bits per heavy atom. The lowest BCUT2D eigenvalue weighted by Crippen LogP contribution is -2.47. The van der Waals surface area contributed by atoms with Gasteiger partial charge in [0.2, 0.25) is 0 Å². The number of piperidine rings is 1. The zero-order valence-electron chi connectivity index (χ0n) is 14.4. The summed E-state index contributed by atoms with van der Waals surface area (Å²) in [6.45, 7) is 8.58. The van der Waals surface area contributed by atoms with Crippen LogP contribution in [0.2, 0.25) is 0 Å². The third-order valence-corrected chi connectivity index (χ3v) is 5.29. The van der Waals surface area contributed by atoms with Crippen molar-refractivity contribution >= 4 is 5.97 Å². The van der Waals surface area contributed by atoms with Crippen molar-refractivity contribution in [2.24, 2.45) is 5.41 Å².